The molecule has 8 heteroatoms. The summed E-state index contributed by atoms with van der Waals surface area (Å²) in [5.41, 5.74) is 3.09. The molecule has 1 aromatic carbocycles. The first kappa shape index (κ1) is 19.9. The second kappa shape index (κ2) is 8.00. The molecule has 1 aromatic heterocycles. The van der Waals surface area contributed by atoms with Gasteiger partial charge in [-0.2, -0.15) is 0 Å². The van der Waals surface area contributed by atoms with E-state index in [9.17, 15) is 9.59 Å². The maximum atomic E-state index is 12.3. The van der Waals surface area contributed by atoms with Gasteiger partial charge in [0.25, 0.3) is 0 Å². The van der Waals surface area contributed by atoms with E-state index < -0.39 is 11.6 Å². The third-order valence-corrected chi connectivity index (χ3v) is 4.30. The Morgan fingerprint density at radius 2 is 2.00 bits per heavy atom. The van der Waals surface area contributed by atoms with E-state index in [0.717, 1.165) is 17.5 Å². The van der Waals surface area contributed by atoms with Gasteiger partial charge in [0.2, 0.25) is 0 Å². The number of aromatic nitrogens is 3. The normalized spacial score (nSPS) is 13.8. The van der Waals surface area contributed by atoms with Crippen molar-refractivity contribution in [3.05, 3.63) is 46.8 Å². The fourth-order valence-corrected chi connectivity index (χ4v) is 3.05. The SMILES string of the molecule is CCOC(=O)c1cn(Cc2ccc3c(c2)CCN(C(=O)OC(C)(C)C)C3)nn1. The summed E-state index contributed by atoms with van der Waals surface area (Å²) in [6.07, 6.45) is 2.08. The zero-order valence-electron chi connectivity index (χ0n) is 16.8. The Labute approximate surface area is 164 Å². The van der Waals surface area contributed by atoms with Crippen molar-refractivity contribution < 1.29 is 19.1 Å². The molecule has 0 atom stereocenters. The van der Waals surface area contributed by atoms with Crippen molar-refractivity contribution in [2.24, 2.45) is 0 Å². The van der Waals surface area contributed by atoms with Crippen LogP contribution in [-0.2, 0) is 29.0 Å². The second-order valence-corrected chi connectivity index (χ2v) is 7.78. The van der Waals surface area contributed by atoms with E-state index in [-0.39, 0.29) is 11.8 Å². The predicted molar refractivity (Wildman–Crippen MR) is 102 cm³/mol. The van der Waals surface area contributed by atoms with Crippen LogP contribution in [0.1, 0.15) is 54.9 Å². The average Bonchev–Trinajstić information content (AvgIpc) is 3.08. The van der Waals surface area contributed by atoms with Gasteiger partial charge < -0.3 is 14.4 Å². The number of carbonyl (C=O) groups is 2. The minimum Gasteiger partial charge on any atom is -0.461 e. The number of hydrogen-bond donors (Lipinski definition) is 0. The number of ether oxygens (including phenoxy) is 2. The number of esters is 1. The van der Waals surface area contributed by atoms with E-state index in [0.29, 0.717) is 26.2 Å². The Hall–Kier alpha value is -2.90. The van der Waals surface area contributed by atoms with Gasteiger partial charge in [0.1, 0.15) is 5.60 Å². The minimum absolute atomic E-state index is 0.202. The van der Waals surface area contributed by atoms with Crippen LogP contribution in [0.15, 0.2) is 24.4 Å². The standard InChI is InChI=1S/C20H26N4O4/c1-5-27-18(25)17-13-24(22-21-17)11-14-6-7-16-12-23(9-8-15(16)10-14)19(26)28-20(2,3)4/h6-7,10,13H,5,8-9,11-12H2,1-4H3. The van der Waals surface area contributed by atoms with Gasteiger partial charge in [-0.15, -0.1) is 5.10 Å². The van der Waals surface area contributed by atoms with Crippen LogP contribution in [0.4, 0.5) is 4.79 Å². The molecule has 0 saturated carbocycles. The summed E-state index contributed by atoms with van der Waals surface area (Å²) >= 11 is 0. The molecule has 0 radical (unpaired) electrons. The molecule has 0 N–H and O–H groups in total. The van der Waals surface area contributed by atoms with Crippen molar-refractivity contribution in [2.75, 3.05) is 13.2 Å². The molecule has 1 aliphatic rings. The zero-order valence-corrected chi connectivity index (χ0v) is 16.8. The van der Waals surface area contributed by atoms with Gasteiger partial charge in [-0.25, -0.2) is 14.3 Å². The predicted octanol–water partition coefficient (Wildman–Crippen LogP) is 2.80. The third-order valence-electron chi connectivity index (χ3n) is 4.30. The molecule has 0 unspecified atom stereocenters. The average molecular weight is 386 g/mol. The quantitative estimate of drug-likeness (QED) is 0.751. The maximum absolute atomic E-state index is 12.3. The highest BCUT2D eigenvalue weighted by atomic mass is 16.6. The summed E-state index contributed by atoms with van der Waals surface area (Å²) in [6, 6.07) is 6.15. The Balaban J connectivity index is 1.65. The maximum Gasteiger partial charge on any atom is 0.410 e. The molecule has 28 heavy (non-hydrogen) atoms. The van der Waals surface area contributed by atoms with Crippen LogP contribution in [0.25, 0.3) is 0 Å². The van der Waals surface area contributed by atoms with E-state index in [1.807, 2.05) is 32.9 Å². The van der Waals surface area contributed by atoms with Crippen LogP contribution in [-0.4, -0.2) is 50.7 Å². The van der Waals surface area contributed by atoms with Gasteiger partial charge in [-0.3, -0.25) is 0 Å². The molecule has 1 amide bonds. The number of hydrogen-bond acceptors (Lipinski definition) is 6. The lowest BCUT2D eigenvalue weighted by atomic mass is 9.97. The lowest BCUT2D eigenvalue weighted by Crippen LogP contribution is -2.39. The number of nitrogens with zero attached hydrogens (tertiary/aromatic N) is 4. The molecule has 0 fully saturated rings. The minimum atomic E-state index is -0.499. The number of carbonyl (C=O) groups excluding carboxylic acids is 2. The molecule has 2 heterocycles. The monoisotopic (exact) mass is 386 g/mol. The van der Waals surface area contributed by atoms with Crippen molar-refractivity contribution in [3.63, 3.8) is 0 Å². The van der Waals surface area contributed by atoms with Gasteiger partial charge >= 0.3 is 12.1 Å². The Kier molecular flexibility index (Phi) is 5.67. The molecule has 0 aliphatic carbocycles. The summed E-state index contributed by atoms with van der Waals surface area (Å²) in [7, 11) is 0. The highest BCUT2D eigenvalue weighted by Gasteiger charge is 2.25. The van der Waals surface area contributed by atoms with Crippen LogP contribution < -0.4 is 0 Å². The number of fused-ring (bicyclic) bond motifs is 1. The fourth-order valence-electron chi connectivity index (χ4n) is 3.05. The summed E-state index contributed by atoms with van der Waals surface area (Å²) in [5, 5.41) is 7.85. The van der Waals surface area contributed by atoms with Gasteiger partial charge in [0, 0.05) is 13.1 Å². The van der Waals surface area contributed by atoms with Gasteiger partial charge in [-0.05, 0) is 50.8 Å². The zero-order chi connectivity index (χ0) is 20.3. The topological polar surface area (TPSA) is 86.5 Å². The molecular weight excluding hydrogens is 360 g/mol. The molecule has 150 valence electrons. The molecule has 0 saturated heterocycles. The van der Waals surface area contributed by atoms with E-state index in [4.69, 9.17) is 9.47 Å². The molecule has 3 rings (SSSR count). The lowest BCUT2D eigenvalue weighted by Gasteiger charge is -2.31. The largest absolute Gasteiger partial charge is 0.461 e. The first-order valence-electron chi connectivity index (χ1n) is 9.41. The molecule has 2 aromatic rings. The van der Waals surface area contributed by atoms with E-state index in [1.54, 1.807) is 22.7 Å². The number of amides is 1. The smallest absolute Gasteiger partial charge is 0.410 e. The number of rotatable bonds is 4. The Bertz CT molecular complexity index is 869. The summed E-state index contributed by atoms with van der Waals surface area (Å²) in [4.78, 5) is 25.7. The Morgan fingerprint density at radius 1 is 1.21 bits per heavy atom. The first-order valence-corrected chi connectivity index (χ1v) is 9.41. The van der Waals surface area contributed by atoms with Crippen molar-refractivity contribution in [1.29, 1.82) is 0 Å². The van der Waals surface area contributed by atoms with E-state index in [1.165, 1.54) is 5.56 Å². The number of benzene rings is 1. The van der Waals surface area contributed by atoms with Gasteiger partial charge in [-0.1, -0.05) is 23.4 Å². The lowest BCUT2D eigenvalue weighted by molar-refractivity contribution is 0.0223. The van der Waals surface area contributed by atoms with Crippen molar-refractivity contribution in [3.8, 4) is 0 Å². The molecule has 0 bridgehead atoms. The van der Waals surface area contributed by atoms with Crippen molar-refractivity contribution >= 4 is 12.1 Å². The second-order valence-electron chi connectivity index (χ2n) is 7.78. The van der Waals surface area contributed by atoms with E-state index in [2.05, 4.69) is 16.4 Å². The fraction of sp³-hybridized carbons (Fsp3) is 0.500. The van der Waals surface area contributed by atoms with Gasteiger partial charge in [0.15, 0.2) is 5.69 Å². The van der Waals surface area contributed by atoms with Crippen molar-refractivity contribution in [2.45, 2.75) is 52.8 Å². The van der Waals surface area contributed by atoms with Crippen LogP contribution in [0.5, 0.6) is 0 Å². The molecule has 0 spiro atoms. The van der Waals surface area contributed by atoms with Crippen molar-refractivity contribution in [1.82, 2.24) is 19.9 Å². The molecule has 1 aliphatic heterocycles. The van der Waals surface area contributed by atoms with Crippen LogP contribution in [0.3, 0.4) is 0 Å². The highest BCUT2D eigenvalue weighted by molar-refractivity contribution is 5.86. The molecular formula is C20H26N4O4. The summed E-state index contributed by atoms with van der Waals surface area (Å²) in [5.74, 6) is -0.471. The van der Waals surface area contributed by atoms with Crippen LogP contribution in [0.2, 0.25) is 0 Å². The summed E-state index contributed by atoms with van der Waals surface area (Å²) in [6.45, 7) is 9.33. The van der Waals surface area contributed by atoms with E-state index >= 15 is 0 Å². The van der Waals surface area contributed by atoms with Crippen LogP contribution >= 0.6 is 0 Å². The summed E-state index contributed by atoms with van der Waals surface area (Å²) < 4.78 is 12.0. The third kappa shape index (κ3) is 4.88. The van der Waals surface area contributed by atoms with Gasteiger partial charge in [0.05, 0.1) is 19.3 Å². The van der Waals surface area contributed by atoms with Crippen LogP contribution in [0, 0.1) is 0 Å². The Morgan fingerprint density at radius 3 is 2.71 bits per heavy atom. The first-order chi connectivity index (χ1) is 13.2. The highest BCUT2D eigenvalue weighted by Crippen LogP contribution is 2.22. The molecule has 8 nitrogen and oxygen atoms in total.